The maximum atomic E-state index is 12.1. The SMILES string of the molecule is O=C(NCc1nn[nH]n1)c1ccncc1C#CCCO. The summed E-state index contributed by atoms with van der Waals surface area (Å²) < 4.78 is 0. The quantitative estimate of drug-likeness (QED) is 0.631. The molecule has 0 aromatic carbocycles. The van der Waals surface area contributed by atoms with Crippen LogP contribution in [0.4, 0.5) is 0 Å². The number of rotatable bonds is 4. The zero-order chi connectivity index (χ0) is 14.2. The Balaban J connectivity index is 2.07. The highest BCUT2D eigenvalue weighted by atomic mass is 16.2. The normalized spacial score (nSPS) is 9.65. The van der Waals surface area contributed by atoms with Crippen molar-refractivity contribution in [2.45, 2.75) is 13.0 Å². The van der Waals surface area contributed by atoms with E-state index in [-0.39, 0.29) is 19.1 Å². The highest BCUT2D eigenvalue weighted by Crippen LogP contribution is 2.05. The third-order valence-electron chi connectivity index (χ3n) is 2.32. The number of carbonyl (C=O) groups is 1. The fraction of sp³-hybridized carbons (Fsp3) is 0.250. The van der Waals surface area contributed by atoms with Crippen LogP contribution in [0.2, 0.25) is 0 Å². The van der Waals surface area contributed by atoms with Crippen molar-refractivity contribution in [1.82, 2.24) is 30.9 Å². The highest BCUT2D eigenvalue weighted by Gasteiger charge is 2.10. The molecule has 0 fully saturated rings. The molecular weight excluding hydrogens is 260 g/mol. The molecule has 0 saturated heterocycles. The molecule has 3 N–H and O–H groups in total. The summed E-state index contributed by atoms with van der Waals surface area (Å²) in [4.78, 5) is 16.0. The van der Waals surface area contributed by atoms with Gasteiger partial charge in [-0.05, 0) is 6.07 Å². The van der Waals surface area contributed by atoms with E-state index < -0.39 is 0 Å². The lowest BCUT2D eigenvalue weighted by Gasteiger charge is -2.04. The molecule has 2 aromatic heterocycles. The monoisotopic (exact) mass is 272 g/mol. The summed E-state index contributed by atoms with van der Waals surface area (Å²) in [5.74, 6) is 5.65. The second kappa shape index (κ2) is 6.96. The summed E-state index contributed by atoms with van der Waals surface area (Å²) in [5, 5.41) is 24.5. The van der Waals surface area contributed by atoms with Gasteiger partial charge in [-0.1, -0.05) is 17.1 Å². The molecule has 0 aliphatic rings. The Bertz CT molecular complexity index is 629. The number of aromatic amines is 1. The van der Waals surface area contributed by atoms with Crippen LogP contribution in [0.25, 0.3) is 0 Å². The predicted molar refractivity (Wildman–Crippen MR) is 68.2 cm³/mol. The van der Waals surface area contributed by atoms with E-state index in [0.29, 0.717) is 23.4 Å². The fourth-order valence-electron chi connectivity index (χ4n) is 1.42. The number of nitrogens with zero attached hydrogens (tertiary/aromatic N) is 4. The predicted octanol–water partition coefficient (Wildman–Crippen LogP) is -0.741. The minimum absolute atomic E-state index is 0.0212. The molecule has 0 unspecified atom stereocenters. The topological polar surface area (TPSA) is 117 Å². The Morgan fingerprint density at radius 2 is 2.40 bits per heavy atom. The second-order valence-corrected chi connectivity index (χ2v) is 3.71. The van der Waals surface area contributed by atoms with Crippen molar-refractivity contribution in [3.05, 3.63) is 35.4 Å². The molecule has 8 nitrogen and oxygen atoms in total. The number of aliphatic hydroxyl groups excluding tert-OH is 1. The number of nitrogens with one attached hydrogen (secondary N) is 2. The molecule has 0 aliphatic carbocycles. The van der Waals surface area contributed by atoms with Crippen LogP contribution in [-0.2, 0) is 6.54 Å². The van der Waals surface area contributed by atoms with Crippen LogP contribution >= 0.6 is 0 Å². The van der Waals surface area contributed by atoms with Gasteiger partial charge in [-0.15, -0.1) is 10.2 Å². The van der Waals surface area contributed by atoms with Crippen LogP contribution in [0.5, 0.6) is 0 Å². The van der Waals surface area contributed by atoms with Crippen molar-refractivity contribution < 1.29 is 9.90 Å². The maximum Gasteiger partial charge on any atom is 0.253 e. The van der Waals surface area contributed by atoms with E-state index in [9.17, 15) is 4.79 Å². The zero-order valence-electron chi connectivity index (χ0n) is 10.5. The lowest BCUT2D eigenvalue weighted by molar-refractivity contribution is 0.0949. The van der Waals surface area contributed by atoms with Crippen molar-refractivity contribution in [2.24, 2.45) is 0 Å². The summed E-state index contributed by atoms with van der Waals surface area (Å²) in [5.41, 5.74) is 0.917. The molecule has 0 aliphatic heterocycles. The van der Waals surface area contributed by atoms with Crippen molar-refractivity contribution in [1.29, 1.82) is 0 Å². The van der Waals surface area contributed by atoms with Gasteiger partial charge >= 0.3 is 0 Å². The molecule has 0 atom stereocenters. The largest absolute Gasteiger partial charge is 0.395 e. The standard InChI is InChI=1S/C12H12N6O2/c19-6-2-1-3-9-7-13-5-4-10(9)12(20)14-8-11-15-17-18-16-11/h4-5,7,19H,2,6,8H2,(H,14,20)(H,15,16,17,18). The van der Waals surface area contributed by atoms with Crippen LogP contribution in [0.15, 0.2) is 18.5 Å². The van der Waals surface area contributed by atoms with Gasteiger partial charge in [0.2, 0.25) is 0 Å². The minimum atomic E-state index is -0.300. The molecule has 0 bridgehead atoms. The van der Waals surface area contributed by atoms with Crippen LogP contribution < -0.4 is 5.32 Å². The van der Waals surface area contributed by atoms with Crippen molar-refractivity contribution >= 4 is 5.91 Å². The molecule has 2 heterocycles. The Morgan fingerprint density at radius 1 is 1.50 bits per heavy atom. The summed E-state index contributed by atoms with van der Waals surface area (Å²) in [6.45, 7) is 0.147. The molecule has 1 amide bonds. The summed E-state index contributed by atoms with van der Waals surface area (Å²) >= 11 is 0. The Morgan fingerprint density at radius 3 is 3.15 bits per heavy atom. The third-order valence-corrected chi connectivity index (χ3v) is 2.32. The Hall–Kier alpha value is -2.79. The summed E-state index contributed by atoms with van der Waals surface area (Å²) in [7, 11) is 0. The van der Waals surface area contributed by atoms with Gasteiger partial charge in [-0.3, -0.25) is 9.78 Å². The first-order chi connectivity index (χ1) is 9.81. The maximum absolute atomic E-state index is 12.1. The van der Waals surface area contributed by atoms with Crippen molar-refractivity contribution in [3.63, 3.8) is 0 Å². The van der Waals surface area contributed by atoms with Gasteiger partial charge in [0.25, 0.3) is 5.91 Å². The molecule has 8 heteroatoms. The molecule has 20 heavy (non-hydrogen) atoms. The number of amides is 1. The van der Waals surface area contributed by atoms with Crippen molar-refractivity contribution in [2.75, 3.05) is 6.61 Å². The summed E-state index contributed by atoms with van der Waals surface area (Å²) in [6.07, 6.45) is 3.37. The van der Waals surface area contributed by atoms with Gasteiger partial charge in [0, 0.05) is 18.8 Å². The number of tetrazole rings is 1. The number of carbonyl (C=O) groups excluding carboxylic acids is 1. The van der Waals surface area contributed by atoms with Gasteiger partial charge in [0.05, 0.1) is 24.3 Å². The smallest absolute Gasteiger partial charge is 0.253 e. The van der Waals surface area contributed by atoms with E-state index in [1.54, 1.807) is 6.07 Å². The van der Waals surface area contributed by atoms with E-state index in [2.05, 4.69) is 42.8 Å². The number of hydrogen-bond donors (Lipinski definition) is 3. The number of hydrogen-bond acceptors (Lipinski definition) is 6. The third kappa shape index (κ3) is 3.60. The van der Waals surface area contributed by atoms with Crippen LogP contribution in [0.3, 0.4) is 0 Å². The first-order valence-corrected chi connectivity index (χ1v) is 5.85. The first-order valence-electron chi connectivity index (χ1n) is 5.85. The first kappa shape index (κ1) is 13.6. The van der Waals surface area contributed by atoms with E-state index >= 15 is 0 Å². The lowest BCUT2D eigenvalue weighted by atomic mass is 10.1. The molecule has 0 radical (unpaired) electrons. The number of aliphatic hydroxyl groups is 1. The van der Waals surface area contributed by atoms with Crippen LogP contribution in [-0.4, -0.2) is 43.2 Å². The van der Waals surface area contributed by atoms with Gasteiger partial charge < -0.3 is 10.4 Å². The number of H-pyrrole nitrogens is 1. The van der Waals surface area contributed by atoms with Gasteiger partial charge in [-0.25, -0.2) is 0 Å². The second-order valence-electron chi connectivity index (χ2n) is 3.71. The Kier molecular flexibility index (Phi) is 4.75. The molecular formula is C12H12N6O2. The minimum Gasteiger partial charge on any atom is -0.395 e. The molecule has 0 saturated carbocycles. The van der Waals surface area contributed by atoms with Crippen LogP contribution in [0.1, 0.15) is 28.2 Å². The lowest BCUT2D eigenvalue weighted by Crippen LogP contribution is -2.24. The highest BCUT2D eigenvalue weighted by molar-refractivity contribution is 5.96. The van der Waals surface area contributed by atoms with E-state index in [4.69, 9.17) is 5.11 Å². The van der Waals surface area contributed by atoms with Crippen molar-refractivity contribution in [3.8, 4) is 11.8 Å². The molecule has 2 rings (SSSR count). The Labute approximate surface area is 114 Å². The van der Waals surface area contributed by atoms with Gasteiger partial charge in [-0.2, -0.15) is 5.21 Å². The molecule has 2 aromatic rings. The zero-order valence-corrected chi connectivity index (χ0v) is 10.5. The van der Waals surface area contributed by atoms with E-state index in [0.717, 1.165) is 0 Å². The van der Waals surface area contributed by atoms with E-state index in [1.165, 1.54) is 12.4 Å². The molecule has 102 valence electrons. The van der Waals surface area contributed by atoms with Gasteiger partial charge in [0.15, 0.2) is 5.82 Å². The average molecular weight is 272 g/mol. The number of pyridine rings is 1. The number of aromatic nitrogens is 5. The van der Waals surface area contributed by atoms with Crippen LogP contribution in [0, 0.1) is 11.8 Å². The fourth-order valence-corrected chi connectivity index (χ4v) is 1.42. The van der Waals surface area contributed by atoms with E-state index in [1.807, 2.05) is 0 Å². The summed E-state index contributed by atoms with van der Waals surface area (Å²) in [6, 6.07) is 1.58. The molecule has 0 spiro atoms. The average Bonchev–Trinajstić information content (AvgIpc) is 2.99. The van der Waals surface area contributed by atoms with Gasteiger partial charge in [0.1, 0.15) is 0 Å².